The quantitative estimate of drug-likeness (QED) is 0.598. The van der Waals surface area contributed by atoms with E-state index in [2.05, 4.69) is 20.7 Å². The summed E-state index contributed by atoms with van der Waals surface area (Å²) in [5, 5.41) is 9.35. The van der Waals surface area contributed by atoms with Gasteiger partial charge in [-0.1, -0.05) is 48.6 Å². The van der Waals surface area contributed by atoms with E-state index in [1.165, 1.54) is 17.1 Å². The third kappa shape index (κ3) is 5.88. The van der Waals surface area contributed by atoms with Gasteiger partial charge in [0.15, 0.2) is 0 Å². The average molecular weight is 325 g/mol. The van der Waals surface area contributed by atoms with Crippen molar-refractivity contribution in [1.29, 1.82) is 0 Å². The number of hydrogen-bond acceptors (Lipinski definition) is 4. The summed E-state index contributed by atoms with van der Waals surface area (Å²) in [6.45, 7) is 2.34. The summed E-state index contributed by atoms with van der Waals surface area (Å²) in [5.74, 6) is -0.366. The first-order valence-corrected chi connectivity index (χ1v) is 7.48. The summed E-state index contributed by atoms with van der Waals surface area (Å²) < 4.78 is 1.37. The molecule has 124 valence electrons. The van der Waals surface area contributed by atoms with Crippen molar-refractivity contribution >= 4 is 17.8 Å². The van der Waals surface area contributed by atoms with Crippen molar-refractivity contribution in [2.75, 3.05) is 5.32 Å². The molecule has 0 aliphatic carbocycles. The minimum absolute atomic E-state index is 0.0319. The van der Waals surface area contributed by atoms with Gasteiger partial charge in [-0.3, -0.25) is 14.9 Å². The first-order valence-electron chi connectivity index (χ1n) is 7.48. The molecule has 0 bridgehead atoms. The normalized spacial score (nSPS) is 11.0. The molecule has 0 unspecified atom stereocenters. The van der Waals surface area contributed by atoms with Gasteiger partial charge in [0, 0.05) is 12.6 Å². The highest BCUT2D eigenvalue weighted by molar-refractivity contribution is 5.98. The van der Waals surface area contributed by atoms with Gasteiger partial charge in [-0.2, -0.15) is 0 Å². The first kappa shape index (κ1) is 17.1. The van der Waals surface area contributed by atoms with Crippen LogP contribution in [0.4, 0.5) is 5.95 Å². The molecule has 0 saturated carbocycles. The molecule has 2 aromatic rings. The van der Waals surface area contributed by atoms with E-state index in [0.29, 0.717) is 6.54 Å². The number of nitrogens with one attached hydrogen (secondary N) is 2. The molecule has 0 atom stereocenters. The van der Waals surface area contributed by atoms with Crippen molar-refractivity contribution < 1.29 is 9.59 Å². The number of carbonyl (C=O) groups is 2. The first-order chi connectivity index (χ1) is 11.7. The number of allylic oxidation sites excluding steroid dienone is 3. The Balaban J connectivity index is 1.80. The molecule has 0 aliphatic rings. The van der Waals surface area contributed by atoms with E-state index < -0.39 is 0 Å². The minimum Gasteiger partial charge on any atom is -0.350 e. The molecular weight excluding hydrogens is 306 g/mol. The van der Waals surface area contributed by atoms with Crippen LogP contribution in [0.15, 0.2) is 61.0 Å². The van der Waals surface area contributed by atoms with Crippen LogP contribution >= 0.6 is 0 Å². The Hall–Kier alpha value is -3.22. The van der Waals surface area contributed by atoms with Gasteiger partial charge in [-0.25, -0.2) is 9.67 Å². The number of aromatic nitrogens is 3. The Morgan fingerprint density at radius 1 is 1.21 bits per heavy atom. The molecule has 7 nitrogen and oxygen atoms in total. The monoisotopic (exact) mass is 325 g/mol. The lowest BCUT2D eigenvalue weighted by Gasteiger charge is -2.04. The molecule has 2 amide bonds. The highest BCUT2D eigenvalue weighted by atomic mass is 16.2. The molecule has 1 aromatic heterocycles. The molecule has 0 fully saturated rings. The summed E-state index contributed by atoms with van der Waals surface area (Å²) in [4.78, 5) is 27.4. The molecule has 1 heterocycles. The fourth-order valence-electron chi connectivity index (χ4n) is 1.83. The van der Waals surface area contributed by atoms with Crippen molar-refractivity contribution in [2.45, 2.75) is 20.0 Å². The van der Waals surface area contributed by atoms with Crippen molar-refractivity contribution in [2.24, 2.45) is 0 Å². The summed E-state index contributed by atoms with van der Waals surface area (Å²) in [7, 11) is 0. The lowest BCUT2D eigenvalue weighted by molar-refractivity contribution is -0.122. The zero-order chi connectivity index (χ0) is 17.2. The highest BCUT2D eigenvalue weighted by Crippen LogP contribution is 1.99. The molecule has 2 rings (SSSR count). The van der Waals surface area contributed by atoms with Gasteiger partial charge in [0.25, 0.3) is 5.91 Å². The van der Waals surface area contributed by atoms with E-state index in [0.717, 1.165) is 5.56 Å². The second-order valence-corrected chi connectivity index (χ2v) is 4.90. The largest absolute Gasteiger partial charge is 0.350 e. The zero-order valence-corrected chi connectivity index (χ0v) is 13.3. The third-order valence-corrected chi connectivity index (χ3v) is 2.96. The molecule has 0 radical (unpaired) electrons. The van der Waals surface area contributed by atoms with Crippen LogP contribution in [0.5, 0.6) is 0 Å². The third-order valence-electron chi connectivity index (χ3n) is 2.96. The fraction of sp³-hybridized carbons (Fsp3) is 0.176. The lowest BCUT2D eigenvalue weighted by atomic mass is 10.2. The molecule has 24 heavy (non-hydrogen) atoms. The Morgan fingerprint density at radius 2 is 2.00 bits per heavy atom. The predicted octanol–water partition coefficient (Wildman–Crippen LogP) is 1.67. The van der Waals surface area contributed by atoms with Crippen LogP contribution in [-0.2, 0) is 22.7 Å². The van der Waals surface area contributed by atoms with Crippen LogP contribution in [0, 0.1) is 0 Å². The van der Waals surface area contributed by atoms with Crippen LogP contribution in [0.1, 0.15) is 12.5 Å². The lowest BCUT2D eigenvalue weighted by Crippen LogP contribution is -2.27. The predicted molar refractivity (Wildman–Crippen MR) is 90.9 cm³/mol. The van der Waals surface area contributed by atoms with Gasteiger partial charge in [0.1, 0.15) is 12.9 Å². The minimum atomic E-state index is -0.334. The Kier molecular flexibility index (Phi) is 6.46. The maximum Gasteiger partial charge on any atom is 0.250 e. The van der Waals surface area contributed by atoms with Crippen LogP contribution in [0.3, 0.4) is 0 Å². The molecule has 0 spiro atoms. The van der Waals surface area contributed by atoms with Crippen molar-refractivity contribution in [3.8, 4) is 0 Å². The maximum absolute atomic E-state index is 11.9. The Labute approximate surface area is 140 Å². The number of anilines is 1. The van der Waals surface area contributed by atoms with Gasteiger partial charge >= 0.3 is 0 Å². The van der Waals surface area contributed by atoms with Crippen molar-refractivity contribution in [1.82, 2.24) is 20.1 Å². The van der Waals surface area contributed by atoms with Gasteiger partial charge < -0.3 is 5.32 Å². The molecule has 0 aliphatic heterocycles. The summed E-state index contributed by atoms with van der Waals surface area (Å²) in [6, 6.07) is 9.62. The van der Waals surface area contributed by atoms with Gasteiger partial charge in [-0.05, 0) is 12.5 Å². The van der Waals surface area contributed by atoms with Gasteiger partial charge in [0.2, 0.25) is 11.9 Å². The van der Waals surface area contributed by atoms with Crippen LogP contribution in [-0.4, -0.2) is 26.6 Å². The molecule has 7 heteroatoms. The van der Waals surface area contributed by atoms with E-state index >= 15 is 0 Å². The average Bonchev–Trinajstić information content (AvgIpc) is 3.01. The van der Waals surface area contributed by atoms with Gasteiger partial charge in [0.05, 0.1) is 0 Å². The van der Waals surface area contributed by atoms with Crippen LogP contribution in [0.2, 0.25) is 0 Å². The van der Waals surface area contributed by atoms with Crippen LogP contribution < -0.4 is 10.6 Å². The van der Waals surface area contributed by atoms with E-state index in [1.54, 1.807) is 12.2 Å². The molecule has 2 N–H and O–H groups in total. The number of benzene rings is 1. The Morgan fingerprint density at radius 3 is 2.75 bits per heavy atom. The smallest absolute Gasteiger partial charge is 0.250 e. The number of amides is 2. The fourth-order valence-corrected chi connectivity index (χ4v) is 1.83. The van der Waals surface area contributed by atoms with E-state index in [-0.39, 0.29) is 24.3 Å². The van der Waals surface area contributed by atoms with Crippen molar-refractivity contribution in [3.05, 3.63) is 66.5 Å². The molecular formula is C17H19N5O2. The molecule has 0 saturated heterocycles. The van der Waals surface area contributed by atoms with E-state index in [1.807, 2.05) is 43.3 Å². The second kappa shape index (κ2) is 9.04. The summed E-state index contributed by atoms with van der Waals surface area (Å²) in [5.41, 5.74) is 1.02. The van der Waals surface area contributed by atoms with Crippen LogP contribution in [0.25, 0.3) is 0 Å². The summed E-state index contributed by atoms with van der Waals surface area (Å²) in [6.07, 6.45) is 7.93. The topological polar surface area (TPSA) is 88.9 Å². The number of nitrogens with zero attached hydrogens (tertiary/aromatic N) is 3. The number of rotatable bonds is 7. The highest BCUT2D eigenvalue weighted by Gasteiger charge is 2.07. The molecule has 1 aromatic carbocycles. The van der Waals surface area contributed by atoms with E-state index in [9.17, 15) is 9.59 Å². The Bertz CT molecular complexity index is 734. The standard InChI is InChI=1S/C17H19N5O2/c1-2-3-5-10-15(23)20-17-19-13-22(21-17)12-16(24)18-11-14-8-6-4-7-9-14/h2-10,13H,11-12H2,1H3,(H,18,24)(H,20,21,23)/b3-2+,10-5+. The summed E-state index contributed by atoms with van der Waals surface area (Å²) >= 11 is 0. The SMILES string of the molecule is C/C=C/C=C/C(=O)Nc1ncn(CC(=O)NCc2ccccc2)n1. The maximum atomic E-state index is 11.9. The second-order valence-electron chi connectivity index (χ2n) is 4.90. The van der Waals surface area contributed by atoms with Gasteiger partial charge in [-0.15, -0.1) is 5.10 Å². The number of carbonyl (C=O) groups excluding carboxylic acids is 2. The van der Waals surface area contributed by atoms with Crippen molar-refractivity contribution in [3.63, 3.8) is 0 Å². The van der Waals surface area contributed by atoms with E-state index in [4.69, 9.17) is 0 Å². The number of hydrogen-bond donors (Lipinski definition) is 2. The zero-order valence-electron chi connectivity index (χ0n) is 13.3.